The lowest BCUT2D eigenvalue weighted by atomic mass is 10.1. The number of alkyl carbamates (subject to hydrolysis) is 1. The first-order valence-electron chi connectivity index (χ1n) is 9.81. The molecule has 0 atom stereocenters. The van der Waals surface area contributed by atoms with E-state index in [1.807, 2.05) is 53.7 Å². The molecule has 1 heterocycles. The van der Waals surface area contributed by atoms with E-state index in [9.17, 15) is 9.59 Å². The summed E-state index contributed by atoms with van der Waals surface area (Å²) in [4.78, 5) is 29.6. The maximum Gasteiger partial charge on any atom is 0.408 e. The van der Waals surface area contributed by atoms with Gasteiger partial charge in [-0.05, 0) is 71.7 Å². The fourth-order valence-electron chi connectivity index (χ4n) is 2.38. The second kappa shape index (κ2) is 9.83. The number of ether oxygens (including phenoxy) is 2. The Morgan fingerprint density at radius 2 is 1.73 bits per heavy atom. The molecule has 0 radical (unpaired) electrons. The van der Waals surface area contributed by atoms with Gasteiger partial charge in [0.2, 0.25) is 0 Å². The van der Waals surface area contributed by atoms with Crippen LogP contribution in [0.15, 0.2) is 33.5 Å². The van der Waals surface area contributed by atoms with Crippen LogP contribution in [0.4, 0.5) is 4.79 Å². The van der Waals surface area contributed by atoms with Gasteiger partial charge in [-0.15, -0.1) is 11.3 Å². The number of nitrogens with zero attached hydrogens (tertiary/aromatic N) is 1. The highest BCUT2D eigenvalue weighted by Crippen LogP contribution is 2.33. The van der Waals surface area contributed by atoms with Crippen LogP contribution < -0.4 is 5.32 Å². The zero-order valence-corrected chi connectivity index (χ0v) is 20.3. The highest BCUT2D eigenvalue weighted by Gasteiger charge is 2.19. The molecule has 0 saturated carbocycles. The minimum absolute atomic E-state index is 0.304. The molecule has 1 aromatic heterocycles. The van der Waals surface area contributed by atoms with Crippen LogP contribution in [0.25, 0.3) is 0 Å². The summed E-state index contributed by atoms with van der Waals surface area (Å²) >= 11 is 3.03. The summed E-state index contributed by atoms with van der Waals surface area (Å²) in [5, 5.41) is 3.49. The first kappa shape index (κ1) is 24.2. The van der Waals surface area contributed by atoms with Crippen LogP contribution in [0.1, 0.15) is 69.4 Å². The van der Waals surface area contributed by atoms with Crippen LogP contribution in [0, 0.1) is 0 Å². The summed E-state index contributed by atoms with van der Waals surface area (Å²) in [5.41, 5.74) is 0.532. The van der Waals surface area contributed by atoms with Crippen molar-refractivity contribution in [3.63, 3.8) is 0 Å². The Kier molecular flexibility index (Phi) is 7.93. The summed E-state index contributed by atoms with van der Waals surface area (Å²) in [6.45, 7) is 13.4. The van der Waals surface area contributed by atoms with Gasteiger partial charge in [0, 0.05) is 4.90 Å². The first-order chi connectivity index (χ1) is 13.8. The van der Waals surface area contributed by atoms with Gasteiger partial charge in [-0.3, -0.25) is 0 Å². The molecule has 2 aromatic rings. The number of aromatic nitrogens is 1. The Hall–Kier alpha value is -2.06. The average molecular weight is 451 g/mol. The van der Waals surface area contributed by atoms with Gasteiger partial charge in [0.1, 0.15) is 16.2 Å². The van der Waals surface area contributed by atoms with Gasteiger partial charge in [0.25, 0.3) is 0 Å². The Bertz CT molecular complexity index is 895. The quantitative estimate of drug-likeness (QED) is 0.557. The van der Waals surface area contributed by atoms with E-state index in [1.54, 1.807) is 6.20 Å². The number of hydrogen-bond donors (Lipinski definition) is 1. The number of nitrogens with one attached hydrogen (secondary N) is 1. The van der Waals surface area contributed by atoms with E-state index in [1.165, 1.54) is 23.1 Å². The van der Waals surface area contributed by atoms with E-state index in [0.29, 0.717) is 12.1 Å². The zero-order chi connectivity index (χ0) is 22.5. The fourth-order valence-corrected chi connectivity index (χ4v) is 4.44. The molecule has 164 valence electrons. The molecule has 0 spiro atoms. The number of aryl methyl sites for hydroxylation is 1. The summed E-state index contributed by atoms with van der Waals surface area (Å²) in [7, 11) is 0. The number of amides is 1. The number of hydrogen-bond acceptors (Lipinski definition) is 7. The molecular weight excluding hydrogens is 420 g/mol. The third kappa shape index (κ3) is 8.36. The third-order valence-electron chi connectivity index (χ3n) is 3.54. The number of benzene rings is 1. The molecule has 0 unspecified atom stereocenters. The molecule has 1 N–H and O–H groups in total. The normalized spacial score (nSPS) is 11.8. The molecule has 0 fully saturated rings. The highest BCUT2D eigenvalue weighted by atomic mass is 32.2. The molecule has 8 heteroatoms. The number of thiazole rings is 1. The molecule has 6 nitrogen and oxygen atoms in total. The van der Waals surface area contributed by atoms with Crippen molar-refractivity contribution in [3.8, 4) is 0 Å². The second-order valence-electron chi connectivity index (χ2n) is 8.75. The van der Waals surface area contributed by atoms with Crippen LogP contribution in [-0.4, -0.2) is 28.2 Å². The topological polar surface area (TPSA) is 77.5 Å². The van der Waals surface area contributed by atoms with Crippen molar-refractivity contribution in [3.05, 3.63) is 40.5 Å². The Morgan fingerprint density at radius 1 is 1.07 bits per heavy atom. The number of esters is 1. The molecule has 30 heavy (non-hydrogen) atoms. The van der Waals surface area contributed by atoms with Crippen LogP contribution in [0.2, 0.25) is 0 Å². The van der Waals surface area contributed by atoms with E-state index < -0.39 is 17.3 Å². The SMILES string of the molecule is CCc1cc(Sc2cnc(CNC(=O)OC(C)(C)C)s2)cc(C(=O)OC(C)(C)C)c1. The minimum atomic E-state index is -0.541. The predicted molar refractivity (Wildman–Crippen MR) is 120 cm³/mol. The Labute approximate surface area is 186 Å². The van der Waals surface area contributed by atoms with Crippen molar-refractivity contribution in [1.82, 2.24) is 10.3 Å². The predicted octanol–water partition coefficient (Wildman–Crippen LogP) is 5.84. The summed E-state index contributed by atoms with van der Waals surface area (Å²) in [6.07, 6.45) is 2.12. The third-order valence-corrected chi connectivity index (χ3v) is 5.61. The molecular formula is C22H30N2O4S2. The van der Waals surface area contributed by atoms with Gasteiger partial charge in [-0.25, -0.2) is 14.6 Å². The molecule has 0 saturated heterocycles. The van der Waals surface area contributed by atoms with E-state index in [4.69, 9.17) is 9.47 Å². The molecule has 0 aliphatic rings. The van der Waals surface area contributed by atoms with Gasteiger partial charge in [-0.2, -0.15) is 0 Å². The fraction of sp³-hybridized carbons (Fsp3) is 0.500. The van der Waals surface area contributed by atoms with Gasteiger partial charge >= 0.3 is 12.1 Å². The summed E-state index contributed by atoms with van der Waals surface area (Å²) in [5.74, 6) is -0.328. The second-order valence-corrected chi connectivity index (χ2v) is 11.2. The van der Waals surface area contributed by atoms with Gasteiger partial charge in [0.15, 0.2) is 0 Å². The number of carbonyl (C=O) groups is 2. The molecule has 0 bridgehead atoms. The zero-order valence-electron chi connectivity index (χ0n) is 18.6. The Balaban J connectivity index is 2.07. The Morgan fingerprint density at radius 3 is 2.33 bits per heavy atom. The van der Waals surface area contributed by atoms with Gasteiger partial charge in [0.05, 0.1) is 22.5 Å². The smallest absolute Gasteiger partial charge is 0.408 e. The van der Waals surface area contributed by atoms with Crippen molar-refractivity contribution in [1.29, 1.82) is 0 Å². The largest absolute Gasteiger partial charge is 0.456 e. The van der Waals surface area contributed by atoms with Crippen LogP contribution in [0.5, 0.6) is 0 Å². The monoisotopic (exact) mass is 450 g/mol. The standard InChI is InChI=1S/C22H30N2O4S2/c1-8-14-9-15(19(25)27-21(2,3)4)11-16(10-14)29-18-13-23-17(30-18)12-24-20(26)28-22(5,6)7/h9-11,13H,8,12H2,1-7H3,(H,24,26). The molecule has 0 aliphatic carbocycles. The van der Waals surface area contributed by atoms with Crippen molar-refractivity contribution in [2.45, 2.75) is 81.7 Å². The lowest BCUT2D eigenvalue weighted by molar-refractivity contribution is 0.00688. The highest BCUT2D eigenvalue weighted by molar-refractivity contribution is 8.01. The van der Waals surface area contributed by atoms with Crippen LogP contribution >= 0.6 is 23.1 Å². The van der Waals surface area contributed by atoms with E-state index in [0.717, 1.165) is 26.1 Å². The van der Waals surface area contributed by atoms with E-state index in [-0.39, 0.29) is 5.97 Å². The maximum absolute atomic E-state index is 12.5. The van der Waals surface area contributed by atoms with Crippen LogP contribution in [0.3, 0.4) is 0 Å². The van der Waals surface area contributed by atoms with Crippen molar-refractivity contribution in [2.24, 2.45) is 0 Å². The first-order valence-corrected chi connectivity index (χ1v) is 11.4. The van der Waals surface area contributed by atoms with E-state index in [2.05, 4.69) is 23.3 Å². The van der Waals surface area contributed by atoms with Crippen molar-refractivity contribution < 1.29 is 19.1 Å². The van der Waals surface area contributed by atoms with Gasteiger partial charge in [-0.1, -0.05) is 18.7 Å². The van der Waals surface area contributed by atoms with Crippen LogP contribution in [-0.2, 0) is 22.4 Å². The molecule has 1 amide bonds. The average Bonchev–Trinajstić information content (AvgIpc) is 3.04. The molecule has 2 rings (SSSR count). The maximum atomic E-state index is 12.5. The van der Waals surface area contributed by atoms with E-state index >= 15 is 0 Å². The lowest BCUT2D eigenvalue weighted by Gasteiger charge is -2.20. The van der Waals surface area contributed by atoms with Crippen molar-refractivity contribution >= 4 is 35.2 Å². The number of carbonyl (C=O) groups excluding carboxylic acids is 2. The summed E-state index contributed by atoms with van der Waals surface area (Å²) < 4.78 is 11.7. The van der Waals surface area contributed by atoms with Gasteiger partial charge < -0.3 is 14.8 Å². The summed E-state index contributed by atoms with van der Waals surface area (Å²) in [6, 6.07) is 5.79. The number of rotatable bonds is 6. The van der Waals surface area contributed by atoms with Crippen molar-refractivity contribution in [2.75, 3.05) is 0 Å². The molecule has 0 aliphatic heterocycles. The molecule has 1 aromatic carbocycles. The minimum Gasteiger partial charge on any atom is -0.456 e. The lowest BCUT2D eigenvalue weighted by Crippen LogP contribution is -2.32.